The van der Waals surface area contributed by atoms with E-state index in [9.17, 15) is 8.42 Å². The first-order chi connectivity index (χ1) is 9.33. The zero-order valence-electron chi connectivity index (χ0n) is 10.5. The Morgan fingerprint density at radius 2 is 2.00 bits per heavy atom. The zero-order valence-corrected chi connectivity index (χ0v) is 14.5. The summed E-state index contributed by atoms with van der Waals surface area (Å²) in [5, 5.41) is 0. The summed E-state index contributed by atoms with van der Waals surface area (Å²) in [4.78, 5) is 0.0264. The maximum atomic E-state index is 12.3. The highest BCUT2D eigenvalue weighted by atomic mass is 79.9. The van der Waals surface area contributed by atoms with Crippen LogP contribution in [-0.4, -0.2) is 8.42 Å². The maximum absolute atomic E-state index is 12.3. The van der Waals surface area contributed by atoms with E-state index in [0.29, 0.717) is 11.4 Å². The molecule has 0 unspecified atom stereocenters. The van der Waals surface area contributed by atoms with Crippen LogP contribution >= 0.6 is 31.9 Å². The van der Waals surface area contributed by atoms with Gasteiger partial charge in [0, 0.05) is 16.2 Å². The molecule has 0 radical (unpaired) electrons. The van der Waals surface area contributed by atoms with E-state index in [1.807, 2.05) is 6.92 Å². The molecule has 8 heteroatoms. The second-order valence-electron chi connectivity index (χ2n) is 4.12. The minimum Gasteiger partial charge on any atom is -0.452 e. The van der Waals surface area contributed by atoms with Crippen molar-refractivity contribution in [2.75, 3.05) is 4.72 Å². The van der Waals surface area contributed by atoms with Crippen LogP contribution in [0, 0.1) is 6.92 Å². The summed E-state index contributed by atoms with van der Waals surface area (Å²) in [6, 6.07) is 6.59. The van der Waals surface area contributed by atoms with Gasteiger partial charge in [-0.3, -0.25) is 4.72 Å². The van der Waals surface area contributed by atoms with E-state index < -0.39 is 10.0 Å². The van der Waals surface area contributed by atoms with Crippen LogP contribution in [0.1, 0.15) is 11.3 Å². The van der Waals surface area contributed by atoms with Crippen LogP contribution in [0.15, 0.2) is 42.7 Å². The summed E-state index contributed by atoms with van der Waals surface area (Å²) in [6.07, 6.45) is 0. The summed E-state index contributed by atoms with van der Waals surface area (Å²) < 4.78 is 33.3. The Morgan fingerprint density at radius 1 is 1.30 bits per heavy atom. The second-order valence-corrected chi connectivity index (χ2v) is 7.35. The minimum atomic E-state index is -3.72. The fourth-order valence-corrected chi connectivity index (χ4v) is 3.89. The monoisotopic (exact) mass is 422 g/mol. The minimum absolute atomic E-state index is 0.0264. The van der Waals surface area contributed by atoms with E-state index in [2.05, 4.69) is 36.6 Å². The highest BCUT2D eigenvalue weighted by Crippen LogP contribution is 2.28. The molecule has 1 heterocycles. The molecule has 5 nitrogen and oxygen atoms in total. The summed E-state index contributed by atoms with van der Waals surface area (Å²) in [6.45, 7) is 2.01. The average Bonchev–Trinajstić information content (AvgIpc) is 2.76. The van der Waals surface area contributed by atoms with E-state index in [1.54, 1.807) is 18.2 Å². The van der Waals surface area contributed by atoms with Gasteiger partial charge in [-0.25, -0.2) is 8.42 Å². The summed E-state index contributed by atoms with van der Waals surface area (Å²) >= 11 is 6.45. The van der Waals surface area contributed by atoms with Crippen LogP contribution < -0.4 is 10.5 Å². The number of furan rings is 1. The molecule has 20 heavy (non-hydrogen) atoms. The van der Waals surface area contributed by atoms with Crippen molar-refractivity contribution in [3.63, 3.8) is 0 Å². The Bertz CT molecular complexity index is 741. The van der Waals surface area contributed by atoms with Gasteiger partial charge in [0.15, 0.2) is 4.67 Å². The highest BCUT2D eigenvalue weighted by Gasteiger charge is 2.22. The molecule has 0 amide bonds. The zero-order chi connectivity index (χ0) is 14.9. The number of hydrogen-bond donors (Lipinski definition) is 2. The summed E-state index contributed by atoms with van der Waals surface area (Å²) in [7, 11) is -3.72. The molecule has 0 aliphatic rings. The summed E-state index contributed by atoms with van der Waals surface area (Å²) in [5.74, 6) is 0.393. The standard InChI is InChI=1S/C12H12Br2N2O3S/c1-7-4-8(2-3-10(7)13)16-20(17,18)11-5-9(6-15)19-12(11)14/h2-5,16H,6,15H2,1H3. The van der Waals surface area contributed by atoms with Crippen molar-refractivity contribution in [2.45, 2.75) is 18.4 Å². The lowest BCUT2D eigenvalue weighted by Gasteiger charge is -2.08. The first kappa shape index (κ1) is 15.6. The van der Waals surface area contributed by atoms with Crippen molar-refractivity contribution in [1.29, 1.82) is 0 Å². The molecule has 0 saturated carbocycles. The Kier molecular flexibility index (Phi) is 4.58. The van der Waals surface area contributed by atoms with Gasteiger partial charge in [-0.1, -0.05) is 15.9 Å². The number of nitrogens with two attached hydrogens (primary N) is 1. The lowest BCUT2D eigenvalue weighted by Crippen LogP contribution is -2.12. The van der Waals surface area contributed by atoms with Gasteiger partial charge < -0.3 is 10.2 Å². The maximum Gasteiger partial charge on any atom is 0.266 e. The smallest absolute Gasteiger partial charge is 0.266 e. The molecule has 0 atom stereocenters. The Balaban J connectivity index is 2.35. The third kappa shape index (κ3) is 3.25. The van der Waals surface area contributed by atoms with Gasteiger partial charge in [-0.2, -0.15) is 0 Å². The molecule has 1 aromatic carbocycles. The Labute approximate surface area is 133 Å². The Morgan fingerprint density at radius 3 is 2.55 bits per heavy atom. The van der Waals surface area contributed by atoms with Crippen LogP contribution in [0.25, 0.3) is 0 Å². The van der Waals surface area contributed by atoms with Crippen LogP contribution in [0.4, 0.5) is 5.69 Å². The summed E-state index contributed by atoms with van der Waals surface area (Å²) in [5.41, 5.74) is 6.84. The van der Waals surface area contributed by atoms with Gasteiger partial charge in [-0.05, 0) is 46.6 Å². The van der Waals surface area contributed by atoms with Gasteiger partial charge in [0.05, 0.1) is 6.54 Å². The molecule has 108 valence electrons. The van der Waals surface area contributed by atoms with Gasteiger partial charge in [0.1, 0.15) is 10.7 Å². The number of aryl methyl sites for hydroxylation is 1. The number of hydrogen-bond acceptors (Lipinski definition) is 4. The van der Waals surface area contributed by atoms with Gasteiger partial charge in [-0.15, -0.1) is 0 Å². The predicted molar refractivity (Wildman–Crippen MR) is 84.0 cm³/mol. The first-order valence-electron chi connectivity index (χ1n) is 5.60. The molecule has 2 aromatic rings. The SMILES string of the molecule is Cc1cc(NS(=O)(=O)c2cc(CN)oc2Br)ccc1Br. The van der Waals surface area contributed by atoms with Gasteiger partial charge >= 0.3 is 0 Å². The van der Waals surface area contributed by atoms with E-state index >= 15 is 0 Å². The molecule has 0 bridgehead atoms. The first-order valence-corrected chi connectivity index (χ1v) is 8.67. The lowest BCUT2D eigenvalue weighted by atomic mass is 10.2. The average molecular weight is 424 g/mol. The van der Waals surface area contributed by atoms with E-state index in [4.69, 9.17) is 10.2 Å². The van der Waals surface area contributed by atoms with Crippen molar-refractivity contribution in [1.82, 2.24) is 0 Å². The number of benzene rings is 1. The highest BCUT2D eigenvalue weighted by molar-refractivity contribution is 9.10. The molecular formula is C12H12Br2N2O3S. The van der Waals surface area contributed by atoms with Gasteiger partial charge in [0.2, 0.25) is 0 Å². The van der Waals surface area contributed by atoms with E-state index in [0.717, 1.165) is 10.0 Å². The van der Waals surface area contributed by atoms with Crippen LogP contribution in [0.3, 0.4) is 0 Å². The number of sulfonamides is 1. The fraction of sp³-hybridized carbons (Fsp3) is 0.167. The third-order valence-electron chi connectivity index (χ3n) is 2.61. The molecule has 3 N–H and O–H groups in total. The third-order valence-corrected chi connectivity index (χ3v) is 5.74. The van der Waals surface area contributed by atoms with Gasteiger partial charge in [0.25, 0.3) is 10.0 Å². The van der Waals surface area contributed by atoms with Crippen LogP contribution in [-0.2, 0) is 16.6 Å². The van der Waals surface area contributed by atoms with Crippen molar-refractivity contribution in [2.24, 2.45) is 5.73 Å². The fourth-order valence-electron chi connectivity index (χ4n) is 1.60. The quantitative estimate of drug-likeness (QED) is 0.789. The lowest BCUT2D eigenvalue weighted by molar-refractivity contribution is 0.484. The number of rotatable bonds is 4. The molecule has 2 rings (SSSR count). The van der Waals surface area contributed by atoms with Crippen LogP contribution in [0.2, 0.25) is 0 Å². The molecule has 0 fully saturated rings. The topological polar surface area (TPSA) is 85.3 Å². The van der Waals surface area contributed by atoms with Crippen molar-refractivity contribution in [3.8, 4) is 0 Å². The van der Waals surface area contributed by atoms with Crippen molar-refractivity contribution >= 4 is 47.6 Å². The van der Waals surface area contributed by atoms with E-state index in [-0.39, 0.29) is 16.1 Å². The molecule has 0 spiro atoms. The largest absolute Gasteiger partial charge is 0.452 e. The van der Waals surface area contributed by atoms with Crippen LogP contribution in [0.5, 0.6) is 0 Å². The second kappa shape index (κ2) is 5.88. The predicted octanol–water partition coefficient (Wildman–Crippen LogP) is 3.37. The number of anilines is 1. The number of halogens is 2. The van der Waals surface area contributed by atoms with Crippen molar-refractivity contribution in [3.05, 3.63) is 44.7 Å². The van der Waals surface area contributed by atoms with E-state index in [1.165, 1.54) is 6.07 Å². The molecule has 0 aliphatic carbocycles. The number of nitrogens with one attached hydrogen (secondary N) is 1. The molecular weight excluding hydrogens is 412 g/mol. The van der Waals surface area contributed by atoms with Crippen molar-refractivity contribution < 1.29 is 12.8 Å². The molecule has 1 aromatic heterocycles. The molecule has 0 aliphatic heterocycles. The normalized spacial score (nSPS) is 11.6. The Hall–Kier alpha value is -0.830. The molecule has 0 saturated heterocycles.